The predicted molar refractivity (Wildman–Crippen MR) is 150 cm³/mol. The lowest BCUT2D eigenvalue weighted by molar-refractivity contribution is 0.0994. The zero-order chi connectivity index (χ0) is 27.5. The van der Waals surface area contributed by atoms with Crippen LogP contribution in [-0.4, -0.2) is 43.4 Å². The van der Waals surface area contributed by atoms with Gasteiger partial charge in [-0.1, -0.05) is 18.2 Å². The minimum Gasteiger partial charge on any atom is -0.497 e. The molecule has 0 bridgehead atoms. The number of hydrogen-bond acceptors (Lipinski definition) is 7. The summed E-state index contributed by atoms with van der Waals surface area (Å²) in [6.07, 6.45) is 1.68. The molecule has 0 fully saturated rings. The van der Waals surface area contributed by atoms with Gasteiger partial charge < -0.3 is 25.1 Å². The Bertz CT molecular complexity index is 1680. The average molecular weight is 545 g/mol. The van der Waals surface area contributed by atoms with Crippen molar-refractivity contribution in [3.05, 3.63) is 90.8 Å². The van der Waals surface area contributed by atoms with Gasteiger partial charge in [0.05, 0.1) is 30.9 Å². The third-order valence-corrected chi connectivity index (χ3v) is 6.55. The van der Waals surface area contributed by atoms with Crippen LogP contribution in [0.3, 0.4) is 0 Å². The molecule has 1 atom stereocenters. The molecule has 5 rings (SSSR count). The molecule has 3 aromatic carbocycles. The van der Waals surface area contributed by atoms with Gasteiger partial charge in [-0.05, 0) is 42.5 Å². The summed E-state index contributed by atoms with van der Waals surface area (Å²) in [7, 11) is 3.08. The smallest absolute Gasteiger partial charge is 0.268 e. The van der Waals surface area contributed by atoms with Gasteiger partial charge in [0.2, 0.25) is 0 Å². The van der Waals surface area contributed by atoms with E-state index in [4.69, 9.17) is 25.2 Å². The van der Waals surface area contributed by atoms with E-state index in [0.29, 0.717) is 39.6 Å². The first kappa shape index (κ1) is 25.7. The summed E-state index contributed by atoms with van der Waals surface area (Å²) in [5.74, 6) is 0.791. The molecular formula is C27H24N6O5S. The lowest BCUT2D eigenvalue weighted by atomic mass is 10.2. The maximum atomic E-state index is 12.8. The number of carbonyl (C=O) groups excluding carboxylic acids is 1. The summed E-state index contributed by atoms with van der Waals surface area (Å²) >= 11 is -2.56. The summed E-state index contributed by atoms with van der Waals surface area (Å²) in [4.78, 5) is 21.3. The number of nitrogens with one attached hydrogen (secondary N) is 1. The van der Waals surface area contributed by atoms with Crippen molar-refractivity contribution in [2.75, 3.05) is 23.8 Å². The van der Waals surface area contributed by atoms with Crippen molar-refractivity contribution in [3.63, 3.8) is 0 Å². The second-order valence-electron chi connectivity index (χ2n) is 8.28. The van der Waals surface area contributed by atoms with Crippen molar-refractivity contribution >= 4 is 51.2 Å². The van der Waals surface area contributed by atoms with E-state index in [1.165, 1.54) is 14.2 Å². The van der Waals surface area contributed by atoms with Crippen LogP contribution in [0.15, 0.2) is 85.1 Å². The van der Waals surface area contributed by atoms with Gasteiger partial charge in [0.1, 0.15) is 17.2 Å². The number of nitrogens with two attached hydrogens (primary N) is 1. The number of primary amides is 1. The van der Waals surface area contributed by atoms with Crippen LogP contribution in [-0.2, 0) is 11.3 Å². The molecule has 0 spiro atoms. The van der Waals surface area contributed by atoms with Crippen molar-refractivity contribution in [2.24, 2.45) is 5.73 Å². The van der Waals surface area contributed by atoms with Gasteiger partial charge in [-0.25, -0.2) is 18.5 Å². The van der Waals surface area contributed by atoms with E-state index in [1.54, 1.807) is 83.6 Å². The number of methoxy groups -OCH3 is 2. The van der Waals surface area contributed by atoms with Gasteiger partial charge >= 0.3 is 0 Å². The van der Waals surface area contributed by atoms with Crippen LogP contribution in [0.1, 0.15) is 10.5 Å². The third-order valence-electron chi connectivity index (χ3n) is 5.86. The van der Waals surface area contributed by atoms with Gasteiger partial charge in [-0.2, -0.15) is 0 Å². The van der Waals surface area contributed by atoms with Crippen LogP contribution in [0.5, 0.6) is 11.5 Å². The number of ether oxygens (including phenoxy) is 2. The zero-order valence-electron chi connectivity index (χ0n) is 20.9. The second-order valence-corrected chi connectivity index (χ2v) is 9.11. The van der Waals surface area contributed by atoms with Crippen molar-refractivity contribution in [2.45, 2.75) is 0 Å². The molecule has 0 saturated carbocycles. The minimum atomic E-state index is -2.56. The first-order chi connectivity index (χ1) is 18.9. The van der Waals surface area contributed by atoms with Gasteiger partial charge in [0, 0.05) is 35.8 Å². The second kappa shape index (κ2) is 10.8. The van der Waals surface area contributed by atoms with E-state index in [9.17, 15) is 13.6 Å². The van der Waals surface area contributed by atoms with Crippen LogP contribution in [0.25, 0.3) is 16.7 Å². The summed E-state index contributed by atoms with van der Waals surface area (Å²) in [6.45, 7) is 0. The number of benzene rings is 3. The Morgan fingerprint density at radius 3 is 2.28 bits per heavy atom. The molecule has 39 heavy (non-hydrogen) atoms. The molecule has 2 heterocycles. The lowest BCUT2D eigenvalue weighted by Gasteiger charge is -2.23. The van der Waals surface area contributed by atoms with E-state index in [-0.39, 0.29) is 17.3 Å². The minimum absolute atomic E-state index is 0.0936. The molecule has 11 nitrogen and oxygen atoms in total. The fourth-order valence-electron chi connectivity index (χ4n) is 4.09. The van der Waals surface area contributed by atoms with Crippen LogP contribution < -0.4 is 24.8 Å². The molecule has 0 aliphatic heterocycles. The molecule has 5 aromatic rings. The van der Waals surface area contributed by atoms with Gasteiger partial charge in [0.15, 0.2) is 11.6 Å². The molecule has 0 aliphatic rings. The summed E-state index contributed by atoms with van der Waals surface area (Å²) in [6, 6.07) is 22.4. The molecular weight excluding hydrogens is 520 g/mol. The Morgan fingerprint density at radius 2 is 1.64 bits per heavy atom. The molecule has 0 radical (unpaired) electrons. The molecule has 0 saturated heterocycles. The monoisotopic (exact) mass is 544 g/mol. The highest BCUT2D eigenvalue weighted by molar-refractivity contribution is 7.81. The molecule has 4 N–H and O–H groups in total. The Morgan fingerprint density at radius 1 is 0.949 bits per heavy atom. The van der Waals surface area contributed by atoms with Gasteiger partial charge in [0.25, 0.3) is 17.2 Å². The molecule has 12 heteroatoms. The molecule has 0 aliphatic carbocycles. The highest BCUT2D eigenvalue weighted by Crippen LogP contribution is 2.36. The summed E-state index contributed by atoms with van der Waals surface area (Å²) in [5, 5.41) is 3.20. The fourth-order valence-corrected chi connectivity index (χ4v) is 4.66. The number of fused-ring (bicyclic) bond motifs is 1. The lowest BCUT2D eigenvalue weighted by Crippen LogP contribution is -2.22. The first-order valence-electron chi connectivity index (χ1n) is 11.6. The van der Waals surface area contributed by atoms with Crippen molar-refractivity contribution in [3.8, 4) is 17.2 Å². The average Bonchev–Trinajstić information content (AvgIpc) is 3.44. The number of hydrogen-bond donors (Lipinski definition) is 3. The Balaban J connectivity index is 1.66. The highest BCUT2D eigenvalue weighted by Gasteiger charge is 2.24. The topological polar surface area (TPSA) is 145 Å². The fraction of sp³-hybridized carbons (Fsp3) is 0.0741. The number of aromatic nitrogens is 3. The van der Waals surface area contributed by atoms with E-state index in [2.05, 4.69) is 5.32 Å². The normalized spacial score (nSPS) is 11.7. The van der Waals surface area contributed by atoms with Crippen molar-refractivity contribution < 1.29 is 23.0 Å². The summed E-state index contributed by atoms with van der Waals surface area (Å²) in [5.41, 5.74) is 8.33. The van der Waals surface area contributed by atoms with Crippen molar-refractivity contribution in [1.82, 2.24) is 14.5 Å². The quantitative estimate of drug-likeness (QED) is 0.229. The number of carbonyl (C=O) groups is 1. The number of amides is 1. The number of rotatable bonds is 9. The van der Waals surface area contributed by atoms with Gasteiger partial charge in [-0.3, -0.25) is 9.35 Å². The Kier molecular flexibility index (Phi) is 7.12. The number of para-hydroxylation sites is 2. The molecule has 1 unspecified atom stereocenters. The Hall–Kier alpha value is -4.94. The highest BCUT2D eigenvalue weighted by atomic mass is 32.2. The molecule has 2 aromatic heterocycles. The van der Waals surface area contributed by atoms with E-state index < -0.39 is 17.2 Å². The number of anilines is 4. The molecule has 198 valence electrons. The van der Waals surface area contributed by atoms with Crippen LogP contribution in [0.4, 0.5) is 23.0 Å². The SMILES string of the molecule is COc1cc(Nc2nc3ccccc3nc2N(c2cccc(-n3cccc3C(N)=O)c2)S(=O)O)cc(OC)c1. The zero-order valence-corrected chi connectivity index (χ0v) is 21.8. The Labute approximate surface area is 226 Å². The predicted octanol–water partition coefficient (Wildman–Crippen LogP) is 4.56. The van der Waals surface area contributed by atoms with Crippen molar-refractivity contribution in [1.29, 1.82) is 0 Å². The third kappa shape index (κ3) is 5.23. The maximum Gasteiger partial charge on any atom is 0.268 e. The standard InChI is InChI=1S/C27H24N6O5S/c1-37-20-13-17(14-21(16-20)38-2)29-26-27(31-23-10-4-3-9-22(23)30-26)33(39(35)36)19-8-5-7-18(15-19)32-12-6-11-24(32)25(28)34/h3-16H,1-2H3,(H2,28,34)(H,29,30)(H,35,36). The van der Waals surface area contributed by atoms with Crippen LogP contribution in [0, 0.1) is 0 Å². The largest absolute Gasteiger partial charge is 0.497 e. The van der Waals surface area contributed by atoms with Gasteiger partial charge in [-0.15, -0.1) is 0 Å². The molecule has 1 amide bonds. The van der Waals surface area contributed by atoms with E-state index >= 15 is 0 Å². The van der Waals surface area contributed by atoms with Crippen LogP contribution >= 0.6 is 0 Å². The van der Waals surface area contributed by atoms with E-state index in [1.807, 2.05) is 6.07 Å². The van der Waals surface area contributed by atoms with E-state index in [0.717, 1.165) is 4.31 Å². The number of nitrogens with zero attached hydrogens (tertiary/aromatic N) is 4. The first-order valence-corrected chi connectivity index (χ1v) is 12.7. The summed E-state index contributed by atoms with van der Waals surface area (Å²) < 4.78 is 36.8. The van der Waals surface area contributed by atoms with Crippen LogP contribution in [0.2, 0.25) is 0 Å². The maximum absolute atomic E-state index is 12.8.